The molecule has 0 aliphatic carbocycles. The molecule has 0 atom stereocenters. The molecule has 0 fully saturated rings. The van der Waals surface area contributed by atoms with Gasteiger partial charge in [-0.3, -0.25) is 30.3 Å². The van der Waals surface area contributed by atoms with Crippen molar-refractivity contribution in [3.8, 4) is 11.5 Å². The minimum Gasteiger partial charge on any atom is -0.450 e. The lowest BCUT2D eigenvalue weighted by Crippen LogP contribution is -1.98. The van der Waals surface area contributed by atoms with E-state index in [2.05, 4.69) is 0 Å². The Labute approximate surface area is 128 Å². The summed E-state index contributed by atoms with van der Waals surface area (Å²) in [7, 11) is 0. The molecule has 10 heteroatoms. The number of benzene rings is 2. The van der Waals surface area contributed by atoms with Gasteiger partial charge in [0.25, 0.3) is 11.4 Å². The van der Waals surface area contributed by atoms with Crippen LogP contribution in [0.2, 0.25) is 0 Å². The van der Waals surface area contributed by atoms with Crippen LogP contribution in [0.15, 0.2) is 36.4 Å². The Morgan fingerprint density at radius 3 is 2.04 bits per heavy atom. The number of nitro benzene ring substituents is 3. The maximum atomic E-state index is 11.0. The summed E-state index contributed by atoms with van der Waals surface area (Å²) in [6.07, 6.45) is 0. The van der Waals surface area contributed by atoms with E-state index in [0.717, 1.165) is 18.2 Å². The van der Waals surface area contributed by atoms with Gasteiger partial charge < -0.3 is 4.74 Å². The standard InChI is InChI=1S/C13H9N3O7/c1-8-10(15(19)20)3-2-4-12(8)23-13-6-5-9(14(17)18)7-11(13)16(21)22/h2-7H,1H3. The maximum absolute atomic E-state index is 11.0. The van der Waals surface area contributed by atoms with E-state index in [4.69, 9.17) is 4.74 Å². The minimum atomic E-state index is -0.824. The number of hydrogen-bond acceptors (Lipinski definition) is 7. The third-order valence-corrected chi connectivity index (χ3v) is 3.02. The number of nitro groups is 3. The Morgan fingerprint density at radius 1 is 0.826 bits per heavy atom. The summed E-state index contributed by atoms with van der Waals surface area (Å²) in [5.41, 5.74) is -1.08. The van der Waals surface area contributed by atoms with Gasteiger partial charge in [-0.25, -0.2) is 0 Å². The normalized spacial score (nSPS) is 10.1. The summed E-state index contributed by atoms with van der Waals surface area (Å²) in [6, 6.07) is 6.95. The first-order valence-corrected chi connectivity index (χ1v) is 6.16. The molecule has 0 N–H and O–H groups in total. The highest BCUT2D eigenvalue weighted by Gasteiger charge is 2.23. The van der Waals surface area contributed by atoms with Crippen molar-refractivity contribution in [3.63, 3.8) is 0 Å². The van der Waals surface area contributed by atoms with E-state index in [-0.39, 0.29) is 22.7 Å². The van der Waals surface area contributed by atoms with Crippen LogP contribution < -0.4 is 4.74 Å². The highest BCUT2D eigenvalue weighted by molar-refractivity contribution is 5.57. The lowest BCUT2D eigenvalue weighted by Gasteiger charge is -2.09. The zero-order valence-electron chi connectivity index (χ0n) is 11.7. The average molecular weight is 319 g/mol. The molecule has 0 aliphatic heterocycles. The van der Waals surface area contributed by atoms with E-state index in [1.807, 2.05) is 0 Å². The molecule has 0 bridgehead atoms. The predicted molar refractivity (Wildman–Crippen MR) is 77.7 cm³/mol. The summed E-state index contributed by atoms with van der Waals surface area (Å²) >= 11 is 0. The van der Waals surface area contributed by atoms with Crippen LogP contribution >= 0.6 is 0 Å². The smallest absolute Gasteiger partial charge is 0.318 e. The van der Waals surface area contributed by atoms with Gasteiger partial charge >= 0.3 is 5.69 Å². The van der Waals surface area contributed by atoms with Crippen LogP contribution in [0.1, 0.15) is 5.56 Å². The van der Waals surface area contributed by atoms with Crippen molar-refractivity contribution in [2.45, 2.75) is 6.92 Å². The van der Waals surface area contributed by atoms with Crippen LogP contribution in [0.4, 0.5) is 17.1 Å². The van der Waals surface area contributed by atoms with Gasteiger partial charge in [-0.2, -0.15) is 0 Å². The summed E-state index contributed by atoms with van der Waals surface area (Å²) in [5, 5.41) is 32.6. The number of rotatable bonds is 5. The third-order valence-electron chi connectivity index (χ3n) is 3.02. The number of nitrogens with zero attached hydrogens (tertiary/aromatic N) is 3. The molecule has 0 amide bonds. The number of hydrogen-bond donors (Lipinski definition) is 0. The monoisotopic (exact) mass is 319 g/mol. The molecule has 0 aromatic heterocycles. The molecule has 0 aliphatic rings. The molecule has 0 unspecified atom stereocenters. The van der Waals surface area contributed by atoms with Crippen LogP contribution in [-0.4, -0.2) is 14.8 Å². The van der Waals surface area contributed by atoms with Gasteiger partial charge in [-0.05, 0) is 19.1 Å². The molecule has 10 nitrogen and oxygen atoms in total. The fourth-order valence-electron chi connectivity index (χ4n) is 1.88. The van der Waals surface area contributed by atoms with Crippen molar-refractivity contribution >= 4 is 17.1 Å². The fraction of sp³-hybridized carbons (Fsp3) is 0.0769. The lowest BCUT2D eigenvalue weighted by atomic mass is 10.2. The zero-order valence-corrected chi connectivity index (χ0v) is 11.7. The summed E-state index contributed by atoms with van der Waals surface area (Å²) in [5.74, 6) is -0.194. The molecular weight excluding hydrogens is 310 g/mol. The summed E-state index contributed by atoms with van der Waals surface area (Å²) in [4.78, 5) is 30.4. The van der Waals surface area contributed by atoms with E-state index >= 15 is 0 Å². The van der Waals surface area contributed by atoms with Gasteiger partial charge in [0.2, 0.25) is 5.75 Å². The second-order valence-corrected chi connectivity index (χ2v) is 4.43. The Balaban J connectivity index is 2.48. The molecule has 23 heavy (non-hydrogen) atoms. The van der Waals surface area contributed by atoms with Crippen LogP contribution in [0.3, 0.4) is 0 Å². The van der Waals surface area contributed by atoms with Gasteiger partial charge in [-0.1, -0.05) is 6.07 Å². The SMILES string of the molecule is Cc1c(Oc2ccc([N+](=O)[O-])cc2[N+](=O)[O-])cccc1[N+](=O)[O-]. The summed E-state index contributed by atoms with van der Waals surface area (Å²) in [6.45, 7) is 1.44. The predicted octanol–water partition coefficient (Wildman–Crippen LogP) is 3.51. The third kappa shape index (κ3) is 3.20. The van der Waals surface area contributed by atoms with E-state index in [9.17, 15) is 30.3 Å². The van der Waals surface area contributed by atoms with Gasteiger partial charge in [0, 0.05) is 12.1 Å². The Hall–Kier alpha value is -3.56. The molecule has 0 radical (unpaired) electrons. The van der Waals surface area contributed by atoms with Gasteiger partial charge in [-0.15, -0.1) is 0 Å². The minimum absolute atomic E-state index is 0.0520. The fourth-order valence-corrected chi connectivity index (χ4v) is 1.88. The maximum Gasteiger partial charge on any atom is 0.318 e. The number of ether oxygens (including phenoxy) is 1. The van der Waals surface area contributed by atoms with E-state index in [0.29, 0.717) is 0 Å². The van der Waals surface area contributed by atoms with Gasteiger partial charge in [0.1, 0.15) is 5.75 Å². The Morgan fingerprint density at radius 2 is 1.48 bits per heavy atom. The number of non-ortho nitro benzene ring substituents is 1. The van der Waals surface area contributed by atoms with Crippen LogP contribution in [0.25, 0.3) is 0 Å². The molecule has 118 valence electrons. The molecule has 0 saturated heterocycles. The van der Waals surface area contributed by atoms with Crippen molar-refractivity contribution in [2.24, 2.45) is 0 Å². The van der Waals surface area contributed by atoms with Crippen molar-refractivity contribution in [2.75, 3.05) is 0 Å². The van der Waals surface area contributed by atoms with E-state index < -0.39 is 26.1 Å². The molecule has 2 aromatic rings. The largest absolute Gasteiger partial charge is 0.450 e. The van der Waals surface area contributed by atoms with Crippen LogP contribution in [0, 0.1) is 37.3 Å². The van der Waals surface area contributed by atoms with Crippen LogP contribution in [0.5, 0.6) is 11.5 Å². The Bertz CT molecular complexity index is 819. The zero-order chi connectivity index (χ0) is 17.1. The molecule has 0 heterocycles. The van der Waals surface area contributed by atoms with Crippen molar-refractivity contribution in [3.05, 3.63) is 72.3 Å². The second-order valence-electron chi connectivity index (χ2n) is 4.43. The lowest BCUT2D eigenvalue weighted by molar-refractivity contribution is -0.394. The van der Waals surface area contributed by atoms with Crippen LogP contribution in [-0.2, 0) is 0 Å². The van der Waals surface area contributed by atoms with E-state index in [1.54, 1.807) is 0 Å². The van der Waals surface area contributed by atoms with Gasteiger partial charge in [0.05, 0.1) is 26.4 Å². The average Bonchev–Trinajstić information content (AvgIpc) is 2.48. The highest BCUT2D eigenvalue weighted by Crippen LogP contribution is 2.37. The molecule has 0 saturated carbocycles. The van der Waals surface area contributed by atoms with E-state index in [1.165, 1.54) is 25.1 Å². The van der Waals surface area contributed by atoms with Crippen molar-refractivity contribution < 1.29 is 19.5 Å². The Kier molecular flexibility index (Phi) is 4.16. The highest BCUT2D eigenvalue weighted by atomic mass is 16.6. The molecule has 0 spiro atoms. The first-order chi connectivity index (χ1) is 10.8. The quantitative estimate of drug-likeness (QED) is 0.606. The first kappa shape index (κ1) is 15.8. The van der Waals surface area contributed by atoms with Gasteiger partial charge in [0.15, 0.2) is 0 Å². The van der Waals surface area contributed by atoms with Crippen molar-refractivity contribution in [1.29, 1.82) is 0 Å². The first-order valence-electron chi connectivity index (χ1n) is 6.16. The molecule has 2 rings (SSSR count). The molecular formula is C13H9N3O7. The molecule has 2 aromatic carbocycles. The topological polar surface area (TPSA) is 139 Å². The second kappa shape index (κ2) is 6.05. The van der Waals surface area contributed by atoms with Crippen molar-refractivity contribution in [1.82, 2.24) is 0 Å². The summed E-state index contributed by atoms with van der Waals surface area (Å²) < 4.78 is 5.36.